The van der Waals surface area contributed by atoms with Crippen molar-refractivity contribution in [3.05, 3.63) is 102 Å². The molecule has 0 aliphatic carbocycles. The minimum Gasteiger partial charge on any atom is -0.480 e. The van der Waals surface area contributed by atoms with Crippen LogP contribution in [0.25, 0.3) is 10.8 Å². The Labute approximate surface area is 170 Å². The van der Waals surface area contributed by atoms with Gasteiger partial charge in [0.05, 0.1) is 0 Å². The van der Waals surface area contributed by atoms with Crippen LogP contribution in [-0.2, 0) is 11.2 Å². The number of aromatic nitrogens is 1. The number of nitrogens with one attached hydrogen (secondary N) is 1. The lowest BCUT2D eigenvalue weighted by molar-refractivity contribution is -0.122. The molecule has 0 saturated carbocycles. The molecule has 4 aromatic rings. The molecular formula is C25H22N2O2. The monoisotopic (exact) mass is 382 g/mol. The fourth-order valence-electron chi connectivity index (χ4n) is 3.23. The molecule has 0 fully saturated rings. The zero-order valence-electron chi connectivity index (χ0n) is 16.2. The maximum absolute atomic E-state index is 12.6. The van der Waals surface area contributed by atoms with Gasteiger partial charge in [0.25, 0.3) is 5.91 Å². The number of anilines is 1. The number of pyridine rings is 1. The van der Waals surface area contributed by atoms with Gasteiger partial charge < -0.3 is 10.1 Å². The van der Waals surface area contributed by atoms with Gasteiger partial charge in [0.2, 0.25) is 0 Å². The van der Waals surface area contributed by atoms with Gasteiger partial charge in [-0.05, 0) is 60.2 Å². The second-order valence-corrected chi connectivity index (χ2v) is 6.96. The summed E-state index contributed by atoms with van der Waals surface area (Å²) in [5.41, 5.74) is 3.13. The van der Waals surface area contributed by atoms with Crippen LogP contribution in [0.15, 0.2) is 91.3 Å². The standard InChI is InChI=1S/C25H22N2O2/c1-18(29-24-8-4-6-21-5-2-3-7-23(21)24)25(28)27-22-11-9-19(10-12-22)17-20-13-15-26-16-14-20/h2-16,18H,17H2,1H3,(H,27,28)/t18-/m0/s1. The van der Waals surface area contributed by atoms with Gasteiger partial charge in [0, 0.05) is 23.5 Å². The lowest BCUT2D eigenvalue weighted by Crippen LogP contribution is -2.30. The topological polar surface area (TPSA) is 51.2 Å². The summed E-state index contributed by atoms with van der Waals surface area (Å²) < 4.78 is 5.95. The number of rotatable bonds is 6. The summed E-state index contributed by atoms with van der Waals surface area (Å²) in [4.78, 5) is 16.6. The van der Waals surface area contributed by atoms with E-state index in [1.165, 1.54) is 11.1 Å². The molecule has 1 N–H and O–H groups in total. The van der Waals surface area contributed by atoms with E-state index >= 15 is 0 Å². The Kier molecular flexibility index (Phi) is 5.52. The first-order valence-corrected chi connectivity index (χ1v) is 9.62. The number of carbonyl (C=O) groups is 1. The number of nitrogens with zero attached hydrogens (tertiary/aromatic N) is 1. The highest BCUT2D eigenvalue weighted by atomic mass is 16.5. The average Bonchev–Trinajstić information content (AvgIpc) is 2.76. The summed E-state index contributed by atoms with van der Waals surface area (Å²) in [6.45, 7) is 1.76. The molecule has 144 valence electrons. The van der Waals surface area contributed by atoms with Gasteiger partial charge in [-0.3, -0.25) is 9.78 Å². The highest BCUT2D eigenvalue weighted by Crippen LogP contribution is 2.26. The van der Waals surface area contributed by atoms with Crippen LogP contribution in [-0.4, -0.2) is 17.0 Å². The first-order valence-electron chi connectivity index (χ1n) is 9.62. The van der Waals surface area contributed by atoms with Gasteiger partial charge in [0.1, 0.15) is 5.75 Å². The molecule has 0 spiro atoms. The average molecular weight is 382 g/mol. The molecule has 1 heterocycles. The molecule has 0 radical (unpaired) electrons. The van der Waals surface area contributed by atoms with E-state index in [1.807, 2.05) is 78.9 Å². The first kappa shape index (κ1) is 18.7. The number of hydrogen-bond donors (Lipinski definition) is 1. The summed E-state index contributed by atoms with van der Waals surface area (Å²) in [5.74, 6) is 0.526. The lowest BCUT2D eigenvalue weighted by atomic mass is 10.1. The van der Waals surface area contributed by atoms with E-state index in [9.17, 15) is 4.79 Å². The first-order chi connectivity index (χ1) is 14.2. The van der Waals surface area contributed by atoms with Gasteiger partial charge >= 0.3 is 0 Å². The molecule has 4 rings (SSSR count). The number of benzene rings is 3. The number of ether oxygens (including phenoxy) is 1. The van der Waals surface area contributed by atoms with Gasteiger partial charge in [0.15, 0.2) is 6.10 Å². The third-order valence-corrected chi connectivity index (χ3v) is 4.80. The minimum atomic E-state index is -0.614. The summed E-state index contributed by atoms with van der Waals surface area (Å²) in [6.07, 6.45) is 3.80. The zero-order valence-corrected chi connectivity index (χ0v) is 16.2. The van der Waals surface area contributed by atoms with Crippen molar-refractivity contribution in [1.29, 1.82) is 0 Å². The van der Waals surface area contributed by atoms with Crippen molar-refractivity contribution in [2.24, 2.45) is 0 Å². The van der Waals surface area contributed by atoms with Crippen LogP contribution in [0.5, 0.6) is 5.75 Å². The Bertz CT molecular complexity index is 1100. The largest absolute Gasteiger partial charge is 0.480 e. The molecule has 4 nitrogen and oxygen atoms in total. The van der Waals surface area contributed by atoms with Crippen LogP contribution in [0.2, 0.25) is 0 Å². The lowest BCUT2D eigenvalue weighted by Gasteiger charge is -2.16. The van der Waals surface area contributed by atoms with Crippen molar-refractivity contribution in [1.82, 2.24) is 4.98 Å². The third-order valence-electron chi connectivity index (χ3n) is 4.80. The number of fused-ring (bicyclic) bond motifs is 1. The number of hydrogen-bond acceptors (Lipinski definition) is 3. The van der Waals surface area contributed by atoms with Crippen LogP contribution >= 0.6 is 0 Å². The molecular weight excluding hydrogens is 360 g/mol. The van der Waals surface area contributed by atoms with Crippen molar-refractivity contribution in [2.45, 2.75) is 19.4 Å². The van der Waals surface area contributed by atoms with Crippen LogP contribution < -0.4 is 10.1 Å². The highest BCUT2D eigenvalue weighted by molar-refractivity contribution is 5.95. The number of carbonyl (C=O) groups excluding carboxylic acids is 1. The van der Waals surface area contributed by atoms with E-state index in [0.717, 1.165) is 22.9 Å². The molecule has 3 aromatic carbocycles. The second kappa shape index (κ2) is 8.57. The molecule has 0 unspecified atom stereocenters. The SMILES string of the molecule is C[C@H](Oc1cccc2ccccc12)C(=O)Nc1ccc(Cc2ccncc2)cc1. The Morgan fingerprint density at radius 1 is 0.897 bits per heavy atom. The van der Waals surface area contributed by atoms with Crippen LogP contribution in [0.1, 0.15) is 18.1 Å². The quantitative estimate of drug-likeness (QED) is 0.497. The van der Waals surface area contributed by atoms with Crippen molar-refractivity contribution in [2.75, 3.05) is 5.32 Å². The van der Waals surface area contributed by atoms with Crippen molar-refractivity contribution in [3.8, 4) is 5.75 Å². The Balaban J connectivity index is 1.39. The summed E-state index contributed by atoms with van der Waals surface area (Å²) in [6, 6.07) is 25.7. The third kappa shape index (κ3) is 4.61. The Morgan fingerprint density at radius 2 is 1.59 bits per heavy atom. The Hall–Kier alpha value is -3.66. The molecule has 1 atom stereocenters. The summed E-state index contributed by atoms with van der Waals surface area (Å²) in [5, 5.41) is 5.01. The second-order valence-electron chi connectivity index (χ2n) is 6.96. The summed E-state index contributed by atoms with van der Waals surface area (Å²) >= 11 is 0. The molecule has 1 aromatic heterocycles. The van der Waals surface area contributed by atoms with E-state index in [-0.39, 0.29) is 5.91 Å². The smallest absolute Gasteiger partial charge is 0.265 e. The van der Waals surface area contributed by atoms with Gasteiger partial charge in [-0.25, -0.2) is 0 Å². The highest BCUT2D eigenvalue weighted by Gasteiger charge is 2.16. The Morgan fingerprint density at radius 3 is 2.38 bits per heavy atom. The van der Waals surface area contributed by atoms with E-state index < -0.39 is 6.10 Å². The zero-order chi connectivity index (χ0) is 20.1. The fraction of sp³-hybridized carbons (Fsp3) is 0.120. The van der Waals surface area contributed by atoms with E-state index in [0.29, 0.717) is 5.75 Å². The maximum Gasteiger partial charge on any atom is 0.265 e. The van der Waals surface area contributed by atoms with E-state index in [2.05, 4.69) is 10.3 Å². The molecule has 1 amide bonds. The van der Waals surface area contributed by atoms with Gasteiger partial charge in [-0.1, -0.05) is 48.5 Å². The van der Waals surface area contributed by atoms with E-state index in [1.54, 1.807) is 19.3 Å². The van der Waals surface area contributed by atoms with Gasteiger partial charge in [-0.15, -0.1) is 0 Å². The molecule has 29 heavy (non-hydrogen) atoms. The minimum absolute atomic E-state index is 0.181. The summed E-state index contributed by atoms with van der Waals surface area (Å²) in [7, 11) is 0. The van der Waals surface area contributed by atoms with Crippen molar-refractivity contribution in [3.63, 3.8) is 0 Å². The maximum atomic E-state index is 12.6. The fourth-order valence-corrected chi connectivity index (χ4v) is 3.23. The predicted molar refractivity (Wildman–Crippen MR) is 116 cm³/mol. The van der Waals surface area contributed by atoms with E-state index in [4.69, 9.17) is 4.74 Å². The van der Waals surface area contributed by atoms with Crippen LogP contribution in [0, 0.1) is 0 Å². The van der Waals surface area contributed by atoms with Crippen molar-refractivity contribution >= 4 is 22.4 Å². The van der Waals surface area contributed by atoms with Crippen LogP contribution in [0.4, 0.5) is 5.69 Å². The van der Waals surface area contributed by atoms with Crippen molar-refractivity contribution < 1.29 is 9.53 Å². The molecule has 0 aliphatic heterocycles. The normalized spacial score (nSPS) is 11.8. The molecule has 4 heteroatoms. The predicted octanol–water partition coefficient (Wildman–Crippen LogP) is 5.23. The molecule has 0 aliphatic rings. The molecule has 0 saturated heterocycles. The van der Waals surface area contributed by atoms with Crippen LogP contribution in [0.3, 0.4) is 0 Å². The molecule has 0 bridgehead atoms. The van der Waals surface area contributed by atoms with Gasteiger partial charge in [-0.2, -0.15) is 0 Å². The number of amides is 1.